The van der Waals surface area contributed by atoms with Crippen molar-refractivity contribution in [3.8, 4) is 0 Å². The van der Waals surface area contributed by atoms with Gasteiger partial charge >= 0.3 is 0 Å². The third kappa shape index (κ3) is 1.93. The fraction of sp³-hybridized carbons (Fsp3) is 0.333. The first-order valence-electron chi connectivity index (χ1n) is 4.28. The van der Waals surface area contributed by atoms with Crippen LogP contribution in [0.2, 0.25) is 0 Å². The smallest absolute Gasteiger partial charge is 0.137 e. The topological polar surface area (TPSA) is 51.8 Å². The molecule has 0 unspecified atom stereocenters. The number of aryl methyl sites for hydroxylation is 2. The minimum Gasteiger partial charge on any atom is -0.383 e. The monoisotopic (exact) mass is 225 g/mol. The second-order valence-corrected chi connectivity index (χ2v) is 5.34. The predicted octanol–water partition coefficient (Wildman–Crippen LogP) is 2.39. The Morgan fingerprint density at radius 1 is 1.29 bits per heavy atom. The van der Waals surface area contributed by atoms with Crippen molar-refractivity contribution in [2.24, 2.45) is 0 Å². The Hall–Kier alpha value is -0.940. The molecule has 3 nitrogen and oxygen atoms in total. The molecule has 0 aliphatic rings. The highest BCUT2D eigenvalue weighted by Gasteiger charge is 2.07. The van der Waals surface area contributed by atoms with Gasteiger partial charge in [-0.1, -0.05) is 0 Å². The van der Waals surface area contributed by atoms with Crippen molar-refractivity contribution in [1.29, 1.82) is 0 Å². The average molecular weight is 225 g/mol. The quantitative estimate of drug-likeness (QED) is 0.853. The van der Waals surface area contributed by atoms with E-state index in [-0.39, 0.29) is 0 Å². The van der Waals surface area contributed by atoms with E-state index in [1.54, 1.807) is 22.7 Å². The highest BCUT2D eigenvalue weighted by Crippen LogP contribution is 2.22. The molecule has 2 rings (SSSR count). The van der Waals surface area contributed by atoms with Crippen LogP contribution in [0.15, 0.2) is 5.38 Å². The first-order valence-corrected chi connectivity index (χ1v) is 5.97. The molecule has 0 atom stereocenters. The normalized spacial score (nSPS) is 10.7. The van der Waals surface area contributed by atoms with Crippen LogP contribution in [-0.2, 0) is 6.42 Å². The van der Waals surface area contributed by atoms with Gasteiger partial charge in [0.05, 0.1) is 11.4 Å². The fourth-order valence-electron chi connectivity index (χ4n) is 1.15. The molecule has 2 aromatic heterocycles. The summed E-state index contributed by atoms with van der Waals surface area (Å²) >= 11 is 3.32. The van der Waals surface area contributed by atoms with Gasteiger partial charge in [-0.05, 0) is 13.8 Å². The van der Waals surface area contributed by atoms with Crippen LogP contribution in [0, 0.1) is 13.8 Å². The largest absolute Gasteiger partial charge is 0.383 e. The number of rotatable bonds is 2. The van der Waals surface area contributed by atoms with Gasteiger partial charge in [0.15, 0.2) is 0 Å². The summed E-state index contributed by atoms with van der Waals surface area (Å²) in [6.07, 6.45) is 0.807. The zero-order valence-electron chi connectivity index (χ0n) is 8.07. The molecule has 5 heteroatoms. The minimum atomic E-state index is 0.651. The zero-order valence-corrected chi connectivity index (χ0v) is 9.71. The van der Waals surface area contributed by atoms with Crippen LogP contribution < -0.4 is 5.73 Å². The Morgan fingerprint density at radius 2 is 2.07 bits per heavy atom. The van der Waals surface area contributed by atoms with Crippen molar-refractivity contribution < 1.29 is 0 Å². The van der Waals surface area contributed by atoms with E-state index in [2.05, 4.69) is 15.3 Å². The van der Waals surface area contributed by atoms with Crippen LogP contribution >= 0.6 is 22.7 Å². The Morgan fingerprint density at radius 3 is 2.57 bits per heavy atom. The number of nitrogens with two attached hydrogens (primary N) is 1. The van der Waals surface area contributed by atoms with E-state index in [1.165, 1.54) is 0 Å². The maximum atomic E-state index is 5.68. The van der Waals surface area contributed by atoms with Crippen LogP contribution in [0.4, 0.5) is 5.82 Å². The van der Waals surface area contributed by atoms with Gasteiger partial charge in [-0.3, -0.25) is 0 Å². The van der Waals surface area contributed by atoms with E-state index in [0.717, 1.165) is 27.0 Å². The van der Waals surface area contributed by atoms with Gasteiger partial charge in [0.1, 0.15) is 10.8 Å². The minimum absolute atomic E-state index is 0.651. The van der Waals surface area contributed by atoms with Crippen molar-refractivity contribution in [3.05, 3.63) is 26.0 Å². The Kier molecular flexibility index (Phi) is 2.52. The standard InChI is InChI=1S/C9H11N3S2/c1-5-4-13-7(11-5)3-8-12-9(10)6(2)14-8/h4H,3,10H2,1-2H3. The molecule has 2 N–H and O–H groups in total. The second kappa shape index (κ2) is 3.67. The lowest BCUT2D eigenvalue weighted by Crippen LogP contribution is -1.89. The van der Waals surface area contributed by atoms with Gasteiger partial charge in [0.2, 0.25) is 0 Å². The summed E-state index contributed by atoms with van der Waals surface area (Å²) < 4.78 is 0. The van der Waals surface area contributed by atoms with Crippen molar-refractivity contribution in [2.45, 2.75) is 20.3 Å². The molecule has 0 bridgehead atoms. The molecule has 74 valence electrons. The van der Waals surface area contributed by atoms with Gasteiger partial charge in [0, 0.05) is 16.0 Å². The summed E-state index contributed by atoms with van der Waals surface area (Å²) in [5.41, 5.74) is 6.76. The highest BCUT2D eigenvalue weighted by atomic mass is 32.1. The Labute approximate surface area is 90.6 Å². The van der Waals surface area contributed by atoms with E-state index < -0.39 is 0 Å². The molecular weight excluding hydrogens is 214 g/mol. The fourth-order valence-corrected chi connectivity index (χ4v) is 2.88. The molecule has 0 saturated heterocycles. The lowest BCUT2D eigenvalue weighted by molar-refractivity contribution is 1.08. The average Bonchev–Trinajstić information content (AvgIpc) is 2.62. The summed E-state index contributed by atoms with van der Waals surface area (Å²) in [6, 6.07) is 0. The number of nitrogens with zero attached hydrogens (tertiary/aromatic N) is 2. The number of thiazole rings is 2. The molecule has 2 heterocycles. The van der Waals surface area contributed by atoms with Crippen LogP contribution in [0.5, 0.6) is 0 Å². The van der Waals surface area contributed by atoms with E-state index >= 15 is 0 Å². The molecular formula is C9H11N3S2. The van der Waals surface area contributed by atoms with Gasteiger partial charge in [-0.2, -0.15) is 0 Å². The highest BCUT2D eigenvalue weighted by molar-refractivity contribution is 7.12. The van der Waals surface area contributed by atoms with E-state index in [9.17, 15) is 0 Å². The molecule has 0 amide bonds. The van der Waals surface area contributed by atoms with E-state index in [0.29, 0.717) is 5.82 Å². The van der Waals surface area contributed by atoms with Crippen LogP contribution in [0.25, 0.3) is 0 Å². The second-order valence-electron chi connectivity index (χ2n) is 3.11. The molecule has 0 fully saturated rings. The van der Waals surface area contributed by atoms with E-state index in [4.69, 9.17) is 5.73 Å². The molecule has 2 aromatic rings. The van der Waals surface area contributed by atoms with Crippen molar-refractivity contribution in [2.75, 3.05) is 5.73 Å². The van der Waals surface area contributed by atoms with Gasteiger partial charge in [-0.15, -0.1) is 22.7 Å². The van der Waals surface area contributed by atoms with Crippen LogP contribution in [0.1, 0.15) is 20.6 Å². The van der Waals surface area contributed by atoms with Crippen molar-refractivity contribution >= 4 is 28.5 Å². The Bertz CT molecular complexity index is 425. The Balaban J connectivity index is 2.18. The predicted molar refractivity (Wildman–Crippen MR) is 60.9 cm³/mol. The van der Waals surface area contributed by atoms with Crippen LogP contribution in [-0.4, -0.2) is 9.97 Å². The molecule has 0 saturated carbocycles. The van der Waals surface area contributed by atoms with Crippen molar-refractivity contribution in [3.63, 3.8) is 0 Å². The number of aromatic nitrogens is 2. The molecule has 0 spiro atoms. The molecule has 0 aromatic carbocycles. The number of hydrogen-bond donors (Lipinski definition) is 1. The molecule has 0 aliphatic carbocycles. The lowest BCUT2D eigenvalue weighted by atomic mass is 10.4. The third-order valence-electron chi connectivity index (χ3n) is 1.85. The summed E-state index contributed by atoms with van der Waals surface area (Å²) in [6.45, 7) is 3.99. The van der Waals surface area contributed by atoms with Crippen molar-refractivity contribution in [1.82, 2.24) is 9.97 Å². The number of hydrogen-bond acceptors (Lipinski definition) is 5. The lowest BCUT2D eigenvalue weighted by Gasteiger charge is -1.88. The SMILES string of the molecule is Cc1csc(Cc2nc(N)c(C)s2)n1. The summed E-state index contributed by atoms with van der Waals surface area (Å²) in [5.74, 6) is 0.651. The van der Waals surface area contributed by atoms with Gasteiger partial charge < -0.3 is 5.73 Å². The zero-order chi connectivity index (χ0) is 10.1. The number of anilines is 1. The van der Waals surface area contributed by atoms with Crippen LogP contribution in [0.3, 0.4) is 0 Å². The first-order chi connectivity index (χ1) is 6.65. The first kappa shape index (κ1) is 9.61. The van der Waals surface area contributed by atoms with Gasteiger partial charge in [0.25, 0.3) is 0 Å². The summed E-state index contributed by atoms with van der Waals surface area (Å²) in [7, 11) is 0. The summed E-state index contributed by atoms with van der Waals surface area (Å²) in [4.78, 5) is 9.76. The van der Waals surface area contributed by atoms with Gasteiger partial charge in [-0.25, -0.2) is 9.97 Å². The van der Waals surface area contributed by atoms with E-state index in [1.807, 2.05) is 13.8 Å². The summed E-state index contributed by atoms with van der Waals surface area (Å²) in [5, 5.41) is 4.21. The maximum absolute atomic E-state index is 5.68. The third-order valence-corrected chi connectivity index (χ3v) is 3.80. The molecule has 0 radical (unpaired) electrons. The molecule has 0 aliphatic heterocycles. The molecule has 14 heavy (non-hydrogen) atoms. The number of nitrogen functional groups attached to an aromatic ring is 1. The maximum Gasteiger partial charge on any atom is 0.137 e.